The number of ether oxygens (including phenoxy) is 1. The van der Waals surface area contributed by atoms with E-state index in [0.29, 0.717) is 62.2 Å². The molecule has 3 heterocycles. The molecule has 0 spiro atoms. The quantitative estimate of drug-likeness (QED) is 0.619. The van der Waals surface area contributed by atoms with Gasteiger partial charge in [-0.25, -0.2) is 4.98 Å². The van der Waals surface area contributed by atoms with Crippen LogP contribution >= 0.6 is 0 Å². The number of rotatable bonds is 7. The number of hydrogen-bond acceptors (Lipinski definition) is 6. The number of methoxy groups -OCH3 is 1. The standard InChI is InChI=1S/C24H28N4O4/c1-27-20-12-16(13-21(29)19(20)15-26-27)4-3-5-23(30)28-10-8-17(9-11-28)24(31)18-6-7-22(32-2)25-14-18/h6-7,12,14-15,17H,3-5,8-11,13H2,1-2H3. The first-order valence-electron chi connectivity index (χ1n) is 11.0. The van der Waals surface area contributed by atoms with Gasteiger partial charge in [-0.15, -0.1) is 0 Å². The fourth-order valence-electron chi connectivity index (χ4n) is 4.44. The van der Waals surface area contributed by atoms with Gasteiger partial charge in [0.1, 0.15) is 0 Å². The van der Waals surface area contributed by atoms with Gasteiger partial charge in [-0.3, -0.25) is 19.1 Å². The number of aromatic nitrogens is 3. The number of likely N-dealkylation sites (tertiary alicyclic amines) is 1. The average Bonchev–Trinajstić information content (AvgIpc) is 3.20. The molecule has 1 amide bonds. The van der Waals surface area contributed by atoms with Gasteiger partial charge in [-0.05, 0) is 37.8 Å². The Morgan fingerprint density at radius 3 is 2.66 bits per heavy atom. The number of hydrogen-bond donors (Lipinski definition) is 0. The lowest BCUT2D eigenvalue weighted by Gasteiger charge is -2.31. The molecule has 1 fully saturated rings. The first-order valence-corrected chi connectivity index (χ1v) is 11.0. The minimum absolute atomic E-state index is 0.0793. The van der Waals surface area contributed by atoms with Crippen molar-refractivity contribution in [1.29, 1.82) is 0 Å². The van der Waals surface area contributed by atoms with Crippen molar-refractivity contribution < 1.29 is 19.1 Å². The largest absolute Gasteiger partial charge is 0.481 e. The summed E-state index contributed by atoms with van der Waals surface area (Å²) in [7, 11) is 3.37. The maximum Gasteiger partial charge on any atom is 0.222 e. The number of amides is 1. The molecule has 32 heavy (non-hydrogen) atoms. The van der Waals surface area contributed by atoms with Crippen molar-refractivity contribution in [3.05, 3.63) is 46.9 Å². The van der Waals surface area contributed by atoms with Crippen LogP contribution < -0.4 is 4.74 Å². The maximum absolute atomic E-state index is 12.7. The number of piperidine rings is 1. The number of Topliss-reactive ketones (excluding diaryl/α,β-unsaturated/α-hetero) is 2. The smallest absolute Gasteiger partial charge is 0.222 e. The second kappa shape index (κ2) is 9.46. The predicted octanol–water partition coefficient (Wildman–Crippen LogP) is 3.09. The lowest BCUT2D eigenvalue weighted by Crippen LogP contribution is -2.40. The Morgan fingerprint density at radius 2 is 1.97 bits per heavy atom. The molecule has 4 rings (SSSR count). The van der Waals surface area contributed by atoms with Gasteiger partial charge in [-0.2, -0.15) is 5.10 Å². The van der Waals surface area contributed by atoms with E-state index in [1.807, 2.05) is 18.0 Å². The Balaban J connectivity index is 1.23. The van der Waals surface area contributed by atoms with E-state index >= 15 is 0 Å². The predicted molar refractivity (Wildman–Crippen MR) is 118 cm³/mol. The summed E-state index contributed by atoms with van der Waals surface area (Å²) < 4.78 is 6.75. The normalized spacial score (nSPS) is 16.5. The van der Waals surface area contributed by atoms with Gasteiger partial charge in [0, 0.05) is 56.7 Å². The summed E-state index contributed by atoms with van der Waals surface area (Å²) in [6.07, 6.45) is 8.82. The molecule has 0 radical (unpaired) electrons. The Hall–Kier alpha value is -3.29. The Labute approximate surface area is 187 Å². The number of pyridine rings is 1. The molecule has 0 N–H and O–H groups in total. The van der Waals surface area contributed by atoms with Crippen LogP contribution in [0.5, 0.6) is 5.88 Å². The zero-order valence-electron chi connectivity index (χ0n) is 18.5. The third kappa shape index (κ3) is 4.64. The number of ketones is 2. The summed E-state index contributed by atoms with van der Waals surface area (Å²) in [6.45, 7) is 1.19. The molecule has 0 aromatic carbocycles. The topological polar surface area (TPSA) is 94.4 Å². The van der Waals surface area contributed by atoms with Crippen LogP contribution in [-0.2, 0) is 11.8 Å². The van der Waals surface area contributed by atoms with E-state index in [2.05, 4.69) is 10.1 Å². The summed E-state index contributed by atoms with van der Waals surface area (Å²) in [5, 5.41) is 4.16. The number of fused-ring (bicyclic) bond motifs is 1. The van der Waals surface area contributed by atoms with Gasteiger partial charge in [0.05, 0.1) is 24.6 Å². The molecule has 168 valence electrons. The molecule has 1 saturated heterocycles. The highest BCUT2D eigenvalue weighted by Crippen LogP contribution is 2.27. The van der Waals surface area contributed by atoms with Crippen LogP contribution in [0.15, 0.2) is 30.1 Å². The van der Waals surface area contributed by atoms with Crippen molar-refractivity contribution in [2.24, 2.45) is 13.0 Å². The first-order chi connectivity index (χ1) is 15.5. The SMILES string of the molecule is COc1ccc(C(=O)C2CCN(C(=O)CCCC3=Cc4c(cnn4C)C(=O)C3)CC2)cn1. The Bertz CT molecular complexity index is 1050. The zero-order valence-corrected chi connectivity index (χ0v) is 18.5. The van der Waals surface area contributed by atoms with Gasteiger partial charge in [0.15, 0.2) is 11.6 Å². The summed E-state index contributed by atoms with van der Waals surface area (Å²) in [4.78, 5) is 43.6. The van der Waals surface area contributed by atoms with Gasteiger partial charge < -0.3 is 9.64 Å². The van der Waals surface area contributed by atoms with E-state index in [4.69, 9.17) is 4.74 Å². The maximum atomic E-state index is 12.7. The van der Waals surface area contributed by atoms with Crippen LogP contribution in [0.4, 0.5) is 0 Å². The summed E-state index contributed by atoms with van der Waals surface area (Å²) in [6, 6.07) is 3.43. The Kier molecular flexibility index (Phi) is 6.48. The molecule has 2 aromatic heterocycles. The van der Waals surface area contributed by atoms with Gasteiger partial charge >= 0.3 is 0 Å². The molecular formula is C24H28N4O4. The second-order valence-corrected chi connectivity index (χ2v) is 8.43. The molecular weight excluding hydrogens is 408 g/mol. The van der Waals surface area contributed by atoms with Crippen molar-refractivity contribution in [3.63, 3.8) is 0 Å². The molecule has 0 bridgehead atoms. The van der Waals surface area contributed by atoms with E-state index in [1.165, 1.54) is 0 Å². The van der Waals surface area contributed by atoms with Crippen molar-refractivity contribution in [2.45, 2.75) is 38.5 Å². The average molecular weight is 437 g/mol. The van der Waals surface area contributed by atoms with Gasteiger partial charge in [-0.1, -0.05) is 5.57 Å². The van der Waals surface area contributed by atoms with Crippen LogP contribution in [0.1, 0.15) is 64.9 Å². The van der Waals surface area contributed by atoms with Crippen LogP contribution in [0.2, 0.25) is 0 Å². The van der Waals surface area contributed by atoms with E-state index < -0.39 is 0 Å². The molecule has 2 aromatic rings. The van der Waals surface area contributed by atoms with Crippen molar-refractivity contribution in [1.82, 2.24) is 19.7 Å². The number of carbonyl (C=O) groups is 3. The molecule has 1 aliphatic heterocycles. The molecule has 8 heteroatoms. The minimum atomic E-state index is -0.0826. The second-order valence-electron chi connectivity index (χ2n) is 8.43. The van der Waals surface area contributed by atoms with Crippen LogP contribution in [0, 0.1) is 5.92 Å². The molecule has 0 saturated carbocycles. The highest BCUT2D eigenvalue weighted by Gasteiger charge is 2.28. The first kappa shape index (κ1) is 21.9. The number of allylic oxidation sites excluding steroid dienone is 1. The minimum Gasteiger partial charge on any atom is -0.481 e. The summed E-state index contributed by atoms with van der Waals surface area (Å²) >= 11 is 0. The lowest BCUT2D eigenvalue weighted by molar-refractivity contribution is -0.132. The molecule has 1 aliphatic carbocycles. The molecule has 8 nitrogen and oxygen atoms in total. The molecule has 0 atom stereocenters. The fourth-order valence-corrected chi connectivity index (χ4v) is 4.44. The Morgan fingerprint density at radius 1 is 1.19 bits per heavy atom. The van der Waals surface area contributed by atoms with E-state index in [0.717, 1.165) is 17.7 Å². The molecule has 2 aliphatic rings. The third-order valence-electron chi connectivity index (χ3n) is 6.35. The number of nitrogens with zero attached hydrogens (tertiary/aromatic N) is 4. The van der Waals surface area contributed by atoms with Crippen molar-refractivity contribution >= 4 is 23.5 Å². The van der Waals surface area contributed by atoms with Crippen molar-refractivity contribution in [3.8, 4) is 5.88 Å². The number of aryl methyl sites for hydroxylation is 1. The third-order valence-corrected chi connectivity index (χ3v) is 6.35. The highest BCUT2D eigenvalue weighted by atomic mass is 16.5. The van der Waals surface area contributed by atoms with E-state index in [1.54, 1.807) is 36.3 Å². The molecule has 0 unspecified atom stereocenters. The van der Waals surface area contributed by atoms with Crippen molar-refractivity contribution in [2.75, 3.05) is 20.2 Å². The van der Waals surface area contributed by atoms with Gasteiger partial charge in [0.25, 0.3) is 0 Å². The summed E-state index contributed by atoms with van der Waals surface area (Å²) in [5.41, 5.74) is 3.16. The van der Waals surface area contributed by atoms with Crippen LogP contribution in [0.3, 0.4) is 0 Å². The van der Waals surface area contributed by atoms with Crippen LogP contribution in [0.25, 0.3) is 6.08 Å². The lowest BCUT2D eigenvalue weighted by atomic mass is 9.89. The zero-order chi connectivity index (χ0) is 22.7. The monoisotopic (exact) mass is 436 g/mol. The number of carbonyl (C=O) groups excluding carboxylic acids is 3. The fraction of sp³-hybridized carbons (Fsp3) is 0.458. The van der Waals surface area contributed by atoms with E-state index in [9.17, 15) is 14.4 Å². The van der Waals surface area contributed by atoms with Gasteiger partial charge in [0.2, 0.25) is 11.8 Å². The highest BCUT2D eigenvalue weighted by molar-refractivity contribution is 6.03. The van der Waals surface area contributed by atoms with Crippen LogP contribution in [-0.4, -0.2) is 57.3 Å². The summed E-state index contributed by atoms with van der Waals surface area (Å²) in [5.74, 6) is 0.689. The van der Waals surface area contributed by atoms with E-state index in [-0.39, 0.29) is 23.4 Å².